The second-order valence-corrected chi connectivity index (χ2v) is 24.0. The van der Waals surface area contributed by atoms with Crippen molar-refractivity contribution >= 4 is 47.6 Å². The van der Waals surface area contributed by atoms with Gasteiger partial charge in [-0.15, -0.1) is 0 Å². The molecule has 1 radical (unpaired) electrons. The zero-order valence-corrected chi connectivity index (χ0v) is 60.5. The molecular weight excluding hydrogens is 1470 g/mol. The van der Waals surface area contributed by atoms with Gasteiger partial charge in [-0.2, -0.15) is 0 Å². The molecule has 11 rings (SSSR count). The number of nitrogens with two attached hydrogens (primary N) is 1. The first-order valence-electron chi connectivity index (χ1n) is 29.7. The van der Waals surface area contributed by atoms with E-state index in [0.29, 0.717) is 12.0 Å². The molecule has 0 saturated carbocycles. The molecule has 15 N–H and O–H groups in total. The topological polar surface area (TPSA) is 417 Å². The van der Waals surface area contributed by atoms with Gasteiger partial charge in [0, 0.05) is 37.1 Å². The molecule has 497 valence electrons. The molecule has 7 amide bonds. The molecular formula is C65H74N8O19RbRe-. The van der Waals surface area contributed by atoms with Crippen LogP contribution in [0.3, 0.4) is 0 Å². The number of aromatic hydroxyl groups is 3. The standard InChI is InChI=1S/C65H74N8O19.Rb.Re/c1-9-44-58(82)43(77)22-35(90-44)26-89-59-47-20-34-21-48(59)92-46-15-12-33(18-29(46)5)57(81)54-65(88)68-39(25-74)36-23-42(76)30(6)55(79)50(36)37-19-31(10-13-41(37)75)51(62(85)72-54)70-63(86)52(34)69-60(83)38(24-49(66)78)67-64(87)53(71-61(84)40(73(7)8)16-27(2)3)56(80)32-11-14-45(91-47)28(4)17-32;;/h10-15,17-23,27,35,38-40,43-44,51-54,56-58,75-77,79-82H,9,16,24,26H2,1-8H3,(H2,66,78)(H,67,87)(H,68,88)(H,69,83)(H,70,86)(H,71,84)(H,72,85);;/q-2;+1;. The maximum atomic E-state index is 15.9. The monoisotopic (exact) mass is 1540 g/mol. The summed E-state index contributed by atoms with van der Waals surface area (Å²) in [6, 6.07) is 2.64. The van der Waals surface area contributed by atoms with Gasteiger partial charge in [-0.1, -0.05) is 39.0 Å². The molecule has 29 heteroatoms. The Hall–Kier alpha value is -6.91. The summed E-state index contributed by atoms with van der Waals surface area (Å²) in [5.74, 6) is -10.5. The van der Waals surface area contributed by atoms with Crippen LogP contribution in [-0.2, 0) is 63.5 Å². The van der Waals surface area contributed by atoms with E-state index < -0.39 is 151 Å². The number of hydrogen-bond acceptors (Lipinski definition) is 20. The minimum absolute atomic E-state index is 0. The third kappa shape index (κ3) is 16.1. The van der Waals surface area contributed by atoms with Gasteiger partial charge in [0.05, 0.1) is 31.3 Å². The Morgan fingerprint density at radius 2 is 1.31 bits per heavy atom. The summed E-state index contributed by atoms with van der Waals surface area (Å²) in [4.78, 5) is 118. The Balaban J connectivity index is 0.00000625. The van der Waals surface area contributed by atoms with Crippen molar-refractivity contribution < 1.29 is 172 Å². The number of aliphatic hydroxyl groups is 4. The van der Waals surface area contributed by atoms with Crippen LogP contribution in [0.5, 0.6) is 46.0 Å². The molecule has 13 atom stereocenters. The number of primary amides is 1. The van der Waals surface area contributed by atoms with E-state index in [1.165, 1.54) is 67.9 Å². The van der Waals surface area contributed by atoms with Crippen LogP contribution < -0.4 is 110 Å². The summed E-state index contributed by atoms with van der Waals surface area (Å²) in [6.45, 7) is 9.59. The van der Waals surface area contributed by atoms with Crippen LogP contribution in [0, 0.1) is 33.1 Å². The van der Waals surface area contributed by atoms with E-state index in [2.05, 4.69) is 31.9 Å². The first-order valence-corrected chi connectivity index (χ1v) is 29.7. The number of amides is 7. The molecule has 94 heavy (non-hydrogen) atoms. The summed E-state index contributed by atoms with van der Waals surface area (Å²) < 4.78 is 26.1. The number of ether oxygens (including phenoxy) is 4. The first kappa shape index (κ1) is 74.5. The van der Waals surface area contributed by atoms with Crippen LogP contribution in [0.1, 0.15) is 115 Å². The van der Waals surface area contributed by atoms with Gasteiger partial charge in [0.1, 0.15) is 71.2 Å². The molecule has 6 aliphatic rings. The number of carbonyl (C=O) groups is 7. The van der Waals surface area contributed by atoms with E-state index in [-0.39, 0.29) is 170 Å². The van der Waals surface area contributed by atoms with E-state index in [1.807, 2.05) is 13.8 Å². The Morgan fingerprint density at radius 1 is 0.723 bits per heavy atom. The number of carbonyl (C=O) groups excluding carboxylic acids is 8. The van der Waals surface area contributed by atoms with Crippen molar-refractivity contribution in [2.45, 2.75) is 140 Å². The Morgan fingerprint density at radius 3 is 1.88 bits per heavy atom. The van der Waals surface area contributed by atoms with Crippen LogP contribution in [-0.4, -0.2) is 158 Å². The summed E-state index contributed by atoms with van der Waals surface area (Å²) in [7, 11) is 3.30. The number of hydrogen-bond donors (Lipinski definition) is 14. The number of nitrogens with zero attached hydrogens (tertiary/aromatic N) is 1. The molecule has 27 nitrogen and oxygen atoms in total. The van der Waals surface area contributed by atoms with Crippen LogP contribution in [0.25, 0.3) is 11.1 Å². The summed E-state index contributed by atoms with van der Waals surface area (Å²) in [6.07, 6.45) is -5.69. The van der Waals surface area contributed by atoms with Crippen molar-refractivity contribution in [2.24, 2.45) is 11.7 Å². The van der Waals surface area contributed by atoms with Crippen LogP contribution in [0.2, 0.25) is 0 Å². The number of phenolic OH excluding ortho intramolecular Hbond substituents is 3. The normalized spacial score (nSPS) is 24.8. The number of benzene rings is 5. The second kappa shape index (κ2) is 31.3. The molecule has 5 aromatic carbocycles. The molecule has 11 bridgehead atoms. The molecule has 5 aromatic rings. The number of aryl methyl sites for hydroxylation is 2. The van der Waals surface area contributed by atoms with Crippen molar-refractivity contribution in [3.63, 3.8) is 0 Å². The van der Waals surface area contributed by atoms with Gasteiger partial charge in [0.2, 0.25) is 47.1 Å². The Labute approximate surface area is 603 Å². The Kier molecular flexibility index (Phi) is 24.8. The Bertz CT molecular complexity index is 3740. The first-order chi connectivity index (χ1) is 43.6. The number of fused-ring (bicyclic) bond motifs is 15. The van der Waals surface area contributed by atoms with E-state index in [1.54, 1.807) is 46.1 Å². The summed E-state index contributed by atoms with van der Waals surface area (Å²) in [5.41, 5.74) is 4.84. The maximum Gasteiger partial charge on any atom is 1.00 e. The number of nitrogens with one attached hydrogen (secondary N) is 6. The zero-order valence-electron chi connectivity index (χ0n) is 52.8. The third-order valence-corrected chi connectivity index (χ3v) is 16.6. The van der Waals surface area contributed by atoms with Gasteiger partial charge >= 0.3 is 58.2 Å². The predicted octanol–water partition coefficient (Wildman–Crippen LogP) is -0.840. The number of aliphatic hydroxyl groups excluding tert-OH is 4. The van der Waals surface area contributed by atoms with Gasteiger partial charge in [-0.05, 0) is 165 Å². The molecule has 13 unspecified atom stereocenters. The smallest absolute Gasteiger partial charge is 0.540 e. The zero-order chi connectivity index (χ0) is 66.9. The van der Waals surface area contributed by atoms with Crippen LogP contribution >= 0.6 is 0 Å². The van der Waals surface area contributed by atoms with E-state index in [0.717, 1.165) is 18.2 Å². The molecule has 0 aromatic heterocycles. The molecule has 0 spiro atoms. The molecule has 1 fully saturated rings. The fourth-order valence-electron chi connectivity index (χ4n) is 11.5. The number of likely N-dealkylation sites (N-methyl/N-ethyl adjacent to an activating group) is 1. The van der Waals surface area contributed by atoms with Gasteiger partial charge in [0.25, 0.3) is 0 Å². The van der Waals surface area contributed by atoms with Gasteiger partial charge < -0.3 is 97.1 Å². The number of rotatable bonds is 12. The number of phenols is 3. The molecule has 0 aliphatic carbocycles. The largest absolute Gasteiger partial charge is 1.00 e. The average Bonchev–Trinajstić information content (AvgIpc) is 0.858. The van der Waals surface area contributed by atoms with Crippen LogP contribution in [0.4, 0.5) is 0 Å². The van der Waals surface area contributed by atoms with Crippen molar-refractivity contribution in [3.8, 4) is 57.1 Å². The second-order valence-electron chi connectivity index (χ2n) is 24.0. The maximum absolute atomic E-state index is 15.9. The predicted molar refractivity (Wildman–Crippen MR) is 326 cm³/mol. The minimum Gasteiger partial charge on any atom is -0.540 e. The summed E-state index contributed by atoms with van der Waals surface area (Å²) >= 11 is 0. The van der Waals surface area contributed by atoms with E-state index in [9.17, 15) is 59.7 Å². The van der Waals surface area contributed by atoms with Crippen molar-refractivity contribution in [1.29, 1.82) is 0 Å². The molecule has 1 saturated heterocycles. The molecule has 6 aliphatic heterocycles. The minimum atomic E-state index is -2.12. The van der Waals surface area contributed by atoms with E-state index >= 15 is 14.4 Å². The average molecular weight is 1540 g/mol. The fourth-order valence-corrected chi connectivity index (χ4v) is 11.5. The van der Waals surface area contributed by atoms with Crippen molar-refractivity contribution in [1.82, 2.24) is 36.8 Å². The van der Waals surface area contributed by atoms with E-state index in [4.69, 9.17) is 24.7 Å². The molecule has 6 heterocycles. The van der Waals surface area contributed by atoms with Crippen molar-refractivity contribution in [2.75, 3.05) is 20.7 Å². The van der Waals surface area contributed by atoms with Crippen molar-refractivity contribution in [3.05, 3.63) is 124 Å². The quantitative estimate of drug-likeness (QED) is 0.0677. The SMILES string of the molecule is CCC1OC(COc2c3cc4cc2Oc2ccc(cc2C)C(O)C(NC(=O)C(CC(C)C)N(C)C)C(=O)NC(CC(N)=O)C(=O)NC4C(=O)NC2C(=O)NC(C(=O)NC([C-]=O)c4cc(O)c(C)c(O)c4-c4cc2ccc4O)C(O)c2ccc(c(C)c2)O3)[CH-]C(O)C1O.[Rb+].[Re]. The van der Waals surface area contributed by atoms with Crippen LogP contribution in [0.15, 0.2) is 72.8 Å². The van der Waals surface area contributed by atoms with Gasteiger partial charge in [-0.3, -0.25) is 44.9 Å². The fraction of sp³-hybridized carbons (Fsp3) is 0.400. The van der Waals surface area contributed by atoms with Gasteiger partial charge in [-0.25, -0.2) is 6.29 Å². The summed E-state index contributed by atoms with van der Waals surface area (Å²) in [5, 5.41) is 95.7. The van der Waals surface area contributed by atoms with Gasteiger partial charge in [0.15, 0.2) is 11.5 Å². The third-order valence-electron chi connectivity index (χ3n) is 16.6.